The van der Waals surface area contributed by atoms with E-state index >= 15 is 0 Å². The summed E-state index contributed by atoms with van der Waals surface area (Å²) < 4.78 is 0. The second-order valence-corrected chi connectivity index (χ2v) is 6.31. The molecular formula is C17H28N4. The molecule has 116 valence electrons. The first-order valence-corrected chi connectivity index (χ1v) is 8.51. The van der Waals surface area contributed by atoms with Gasteiger partial charge in [-0.3, -0.25) is 9.88 Å². The van der Waals surface area contributed by atoms with Crippen molar-refractivity contribution in [2.75, 3.05) is 37.6 Å². The average molecular weight is 288 g/mol. The van der Waals surface area contributed by atoms with Crippen molar-refractivity contribution in [3.05, 3.63) is 24.0 Å². The molecule has 2 saturated heterocycles. The molecule has 3 heterocycles. The number of fused-ring (bicyclic) bond motifs is 1. The van der Waals surface area contributed by atoms with Crippen molar-refractivity contribution in [2.24, 2.45) is 0 Å². The van der Waals surface area contributed by atoms with E-state index in [-0.39, 0.29) is 0 Å². The van der Waals surface area contributed by atoms with Crippen molar-refractivity contribution in [1.29, 1.82) is 0 Å². The lowest BCUT2D eigenvalue weighted by molar-refractivity contribution is 0.273. The number of nitrogens with one attached hydrogen (secondary N) is 1. The molecule has 1 N–H and O–H groups in total. The van der Waals surface area contributed by atoms with Crippen LogP contribution in [0.1, 0.15) is 38.2 Å². The number of anilines is 1. The van der Waals surface area contributed by atoms with Gasteiger partial charge in [0.2, 0.25) is 0 Å². The van der Waals surface area contributed by atoms with E-state index in [9.17, 15) is 0 Å². The Morgan fingerprint density at radius 3 is 3.10 bits per heavy atom. The first-order valence-electron chi connectivity index (χ1n) is 8.51. The summed E-state index contributed by atoms with van der Waals surface area (Å²) in [7, 11) is 0. The Morgan fingerprint density at radius 1 is 1.29 bits per heavy atom. The maximum Gasteiger partial charge on any atom is 0.0598 e. The molecule has 0 bridgehead atoms. The fourth-order valence-electron chi connectivity index (χ4n) is 3.67. The molecule has 21 heavy (non-hydrogen) atoms. The minimum Gasteiger partial charge on any atom is -0.368 e. The molecule has 1 atom stereocenters. The molecule has 0 spiro atoms. The predicted molar refractivity (Wildman–Crippen MR) is 87.7 cm³/mol. The molecular weight excluding hydrogens is 260 g/mol. The third-order valence-corrected chi connectivity index (χ3v) is 4.77. The highest BCUT2D eigenvalue weighted by atomic mass is 15.3. The number of hydrogen-bond acceptors (Lipinski definition) is 4. The molecule has 2 aliphatic rings. The fraction of sp³-hybridized carbons (Fsp3) is 0.706. The number of aromatic nitrogens is 1. The Morgan fingerprint density at radius 2 is 2.19 bits per heavy atom. The normalized spacial score (nSPS) is 23.1. The lowest BCUT2D eigenvalue weighted by Gasteiger charge is -2.28. The maximum atomic E-state index is 4.38. The summed E-state index contributed by atoms with van der Waals surface area (Å²) in [5.74, 6) is 0. The third-order valence-electron chi connectivity index (χ3n) is 4.77. The van der Waals surface area contributed by atoms with Crippen LogP contribution in [0.4, 0.5) is 5.69 Å². The first-order chi connectivity index (χ1) is 10.4. The number of rotatable bonds is 5. The molecule has 4 heteroatoms. The van der Waals surface area contributed by atoms with Gasteiger partial charge in [-0.1, -0.05) is 6.92 Å². The third kappa shape index (κ3) is 3.55. The lowest BCUT2D eigenvalue weighted by atomic mass is 10.1. The molecule has 0 amide bonds. The summed E-state index contributed by atoms with van der Waals surface area (Å²) >= 11 is 0. The highest BCUT2D eigenvalue weighted by Crippen LogP contribution is 2.26. The van der Waals surface area contributed by atoms with Crippen LogP contribution in [0, 0.1) is 0 Å². The van der Waals surface area contributed by atoms with Gasteiger partial charge in [-0.25, -0.2) is 0 Å². The molecule has 0 aromatic carbocycles. The van der Waals surface area contributed by atoms with Gasteiger partial charge in [-0.2, -0.15) is 0 Å². The zero-order chi connectivity index (χ0) is 14.5. The van der Waals surface area contributed by atoms with Gasteiger partial charge in [0.25, 0.3) is 0 Å². The number of nitrogens with zero attached hydrogens (tertiary/aromatic N) is 3. The Kier molecular flexibility index (Phi) is 5.09. The average Bonchev–Trinajstić information content (AvgIpc) is 2.85. The second-order valence-electron chi connectivity index (χ2n) is 6.31. The van der Waals surface area contributed by atoms with Crippen molar-refractivity contribution in [1.82, 2.24) is 15.2 Å². The van der Waals surface area contributed by atoms with Crippen molar-refractivity contribution in [3.63, 3.8) is 0 Å². The molecule has 3 rings (SSSR count). The molecule has 1 aromatic rings. The van der Waals surface area contributed by atoms with E-state index < -0.39 is 0 Å². The monoisotopic (exact) mass is 288 g/mol. The molecule has 0 aliphatic carbocycles. The summed E-state index contributed by atoms with van der Waals surface area (Å²) in [6.07, 6.45) is 9.17. The van der Waals surface area contributed by atoms with E-state index in [4.69, 9.17) is 0 Å². The first kappa shape index (κ1) is 14.8. The van der Waals surface area contributed by atoms with Gasteiger partial charge in [0, 0.05) is 38.4 Å². The Hall–Kier alpha value is -1.13. The van der Waals surface area contributed by atoms with E-state index in [2.05, 4.69) is 39.3 Å². The molecule has 2 aliphatic heterocycles. The van der Waals surface area contributed by atoms with Crippen LogP contribution < -0.4 is 10.2 Å². The van der Waals surface area contributed by atoms with E-state index in [1.165, 1.54) is 63.1 Å². The van der Waals surface area contributed by atoms with Gasteiger partial charge < -0.3 is 10.2 Å². The van der Waals surface area contributed by atoms with Gasteiger partial charge in [0.1, 0.15) is 0 Å². The lowest BCUT2D eigenvalue weighted by Crippen LogP contribution is -2.37. The van der Waals surface area contributed by atoms with Crippen LogP contribution in [0.15, 0.2) is 18.5 Å². The quantitative estimate of drug-likeness (QED) is 0.842. The van der Waals surface area contributed by atoms with Crippen molar-refractivity contribution in [3.8, 4) is 0 Å². The summed E-state index contributed by atoms with van der Waals surface area (Å²) in [5, 5.41) is 3.53. The topological polar surface area (TPSA) is 31.4 Å². The molecule has 1 aromatic heterocycles. The van der Waals surface area contributed by atoms with E-state index in [1.54, 1.807) is 0 Å². The Bertz CT molecular complexity index is 448. The van der Waals surface area contributed by atoms with Crippen LogP contribution in [0.3, 0.4) is 0 Å². The minimum absolute atomic E-state index is 0.754. The van der Waals surface area contributed by atoms with Crippen LogP contribution in [0.5, 0.6) is 0 Å². The van der Waals surface area contributed by atoms with Gasteiger partial charge in [0.05, 0.1) is 11.9 Å². The van der Waals surface area contributed by atoms with Crippen LogP contribution in [0.2, 0.25) is 0 Å². The van der Waals surface area contributed by atoms with Gasteiger partial charge in [-0.15, -0.1) is 0 Å². The van der Waals surface area contributed by atoms with Crippen molar-refractivity contribution >= 4 is 5.69 Å². The second kappa shape index (κ2) is 7.23. The van der Waals surface area contributed by atoms with Crippen LogP contribution in [0.25, 0.3) is 0 Å². The molecule has 4 nitrogen and oxygen atoms in total. The van der Waals surface area contributed by atoms with E-state index in [1.807, 2.05) is 6.20 Å². The van der Waals surface area contributed by atoms with Crippen molar-refractivity contribution < 1.29 is 0 Å². The summed E-state index contributed by atoms with van der Waals surface area (Å²) in [4.78, 5) is 9.64. The van der Waals surface area contributed by atoms with Gasteiger partial charge in [-0.05, 0) is 50.4 Å². The van der Waals surface area contributed by atoms with Crippen LogP contribution in [-0.4, -0.2) is 48.6 Å². The summed E-state index contributed by atoms with van der Waals surface area (Å²) in [6, 6.07) is 2.93. The zero-order valence-electron chi connectivity index (χ0n) is 13.2. The zero-order valence-corrected chi connectivity index (χ0v) is 13.2. The molecule has 1 unspecified atom stereocenters. The maximum absolute atomic E-state index is 4.38. The van der Waals surface area contributed by atoms with Gasteiger partial charge in [0.15, 0.2) is 0 Å². The smallest absolute Gasteiger partial charge is 0.0598 e. The standard InChI is InChI=1S/C17H28N4/c1-2-7-18-12-15-6-8-19-13-17(15)21-11-4-10-20-9-3-5-16(20)14-21/h6,8,13,16,18H,2-5,7,9-12,14H2,1H3. The van der Waals surface area contributed by atoms with Crippen molar-refractivity contribution in [2.45, 2.75) is 45.2 Å². The highest BCUT2D eigenvalue weighted by Gasteiger charge is 2.29. The number of pyridine rings is 1. The molecule has 0 radical (unpaired) electrons. The van der Waals surface area contributed by atoms with E-state index in [0.717, 1.165) is 19.1 Å². The largest absolute Gasteiger partial charge is 0.368 e. The van der Waals surface area contributed by atoms with Crippen LogP contribution in [-0.2, 0) is 6.54 Å². The summed E-state index contributed by atoms with van der Waals surface area (Å²) in [5.41, 5.74) is 2.74. The minimum atomic E-state index is 0.754. The Labute approximate surface area is 128 Å². The Balaban J connectivity index is 1.72. The SMILES string of the molecule is CCCNCc1ccncc1N1CCCN2CCCC2C1. The van der Waals surface area contributed by atoms with Crippen LogP contribution >= 0.6 is 0 Å². The molecule has 0 saturated carbocycles. The highest BCUT2D eigenvalue weighted by molar-refractivity contribution is 5.52. The molecule has 2 fully saturated rings. The fourth-order valence-corrected chi connectivity index (χ4v) is 3.67. The number of hydrogen-bond donors (Lipinski definition) is 1. The van der Waals surface area contributed by atoms with Gasteiger partial charge >= 0.3 is 0 Å². The van der Waals surface area contributed by atoms with E-state index in [0.29, 0.717) is 0 Å². The predicted octanol–water partition coefficient (Wildman–Crippen LogP) is 2.26. The summed E-state index contributed by atoms with van der Waals surface area (Å²) in [6.45, 7) is 9.16.